The number of amides is 5. The molecule has 3 aliphatic heterocycles. The maximum Gasteiger partial charge on any atom is 0.246 e. The fraction of sp³-hybridized carbons (Fsp3) is 0.460. The molecular weight excluding hydrogens is 952 g/mol. The zero-order valence-corrected chi connectivity index (χ0v) is 42.8. The van der Waals surface area contributed by atoms with E-state index in [0.717, 1.165) is 54.0 Å². The highest BCUT2D eigenvalue weighted by Gasteiger charge is 2.44. The fourth-order valence-electron chi connectivity index (χ4n) is 9.16. The molecule has 6 heterocycles. The van der Waals surface area contributed by atoms with Crippen molar-refractivity contribution in [3.05, 3.63) is 104 Å². The average Bonchev–Trinajstić information content (AvgIpc) is 4.17. The second-order valence-corrected chi connectivity index (χ2v) is 21.7. The van der Waals surface area contributed by atoms with Crippen LogP contribution in [0.25, 0.3) is 15.4 Å². The molecule has 4 N–H and O–H groups in total. The quantitative estimate of drug-likeness (QED) is 0.0960. The molecule has 5 amide bonds. The number of nitrogens with one attached hydrogen (secondary N) is 3. The zero-order chi connectivity index (χ0) is 50.0. The average molecular weight is 1010 g/mol. The van der Waals surface area contributed by atoms with Gasteiger partial charge >= 0.3 is 0 Å². The van der Waals surface area contributed by atoms with Crippen molar-refractivity contribution in [3.63, 3.8) is 0 Å². The Morgan fingerprint density at radius 3 is 2.39 bits per heavy atom. The van der Waals surface area contributed by atoms with Crippen LogP contribution in [0.2, 0.25) is 5.02 Å². The molecule has 5 aromatic rings. The maximum atomic E-state index is 14.1. The number of likely N-dealkylation sites (tertiary alicyclic amines) is 2. The van der Waals surface area contributed by atoms with Gasteiger partial charge in [0.2, 0.25) is 29.5 Å². The number of halogens is 1. The number of nitrogens with zero attached hydrogens (tertiary/aromatic N) is 7. The van der Waals surface area contributed by atoms with E-state index in [1.807, 2.05) is 66.9 Å². The molecule has 0 radical (unpaired) electrons. The molecule has 8 rings (SSSR count). The van der Waals surface area contributed by atoms with E-state index in [-0.39, 0.29) is 56.8 Å². The van der Waals surface area contributed by atoms with Gasteiger partial charge in [-0.25, -0.2) is 4.98 Å². The number of thiazole rings is 1. The normalized spacial score (nSPS) is 19.2. The number of thiophene rings is 1. The van der Waals surface area contributed by atoms with Gasteiger partial charge in [0, 0.05) is 59.7 Å². The molecule has 0 aliphatic carbocycles. The second-order valence-electron chi connectivity index (χ2n) is 19.2. The topological polar surface area (TPSA) is 213 Å². The Morgan fingerprint density at radius 2 is 1.69 bits per heavy atom. The molecule has 20 heteroatoms. The molecule has 3 aliphatic rings. The number of rotatable bonds is 15. The second kappa shape index (κ2) is 21.2. The summed E-state index contributed by atoms with van der Waals surface area (Å²) in [7, 11) is 0. The minimum absolute atomic E-state index is 0.0102. The standard InChI is InChI=1S/C50H59ClN10O7S2/c1-27-29(3)70-49-42(27)43(32-12-14-34(51)15-13-32)55-37(46-58-57-30(4)61(46)49)21-39(63)54-35-16-18-59(23-35)41(65)17-19-68-25-40(64)56-45(50(5,6)7)48(67)60-24-36(62)20-38(60)47(66)52-22-31-8-10-33(11-9-31)44-28(2)53-26-69-44/h8-15,26,35-38,45,62H,16-25H2,1-7H3,(H,52,66)(H,54,63)(H,56,64)/t35-,36+,37-,38-,45?/m0/s1. The molecule has 1 unspecified atom stereocenters. The smallest absolute Gasteiger partial charge is 0.246 e. The molecule has 0 bridgehead atoms. The molecule has 0 saturated carbocycles. The summed E-state index contributed by atoms with van der Waals surface area (Å²) < 4.78 is 7.63. The van der Waals surface area contributed by atoms with Crippen LogP contribution in [0, 0.1) is 33.1 Å². The summed E-state index contributed by atoms with van der Waals surface area (Å²) in [6, 6.07) is 12.5. The van der Waals surface area contributed by atoms with Crippen molar-refractivity contribution in [1.29, 1.82) is 0 Å². The lowest BCUT2D eigenvalue weighted by molar-refractivity contribution is -0.144. The van der Waals surface area contributed by atoms with Crippen molar-refractivity contribution in [3.8, 4) is 15.4 Å². The zero-order valence-electron chi connectivity index (χ0n) is 40.4. The van der Waals surface area contributed by atoms with Gasteiger partial charge in [-0.2, -0.15) is 0 Å². The monoisotopic (exact) mass is 1010 g/mol. The lowest BCUT2D eigenvalue weighted by Crippen LogP contribution is -2.58. The van der Waals surface area contributed by atoms with E-state index in [1.165, 1.54) is 4.90 Å². The number of hydrogen-bond donors (Lipinski definition) is 4. The molecule has 0 spiro atoms. The van der Waals surface area contributed by atoms with E-state index in [9.17, 15) is 29.1 Å². The predicted molar refractivity (Wildman–Crippen MR) is 268 cm³/mol. The molecule has 2 aromatic carbocycles. The molecule has 2 saturated heterocycles. The highest BCUT2D eigenvalue weighted by Crippen LogP contribution is 2.40. The summed E-state index contributed by atoms with van der Waals surface area (Å²) in [5, 5.41) is 29.9. The van der Waals surface area contributed by atoms with Crippen molar-refractivity contribution in [1.82, 2.24) is 45.5 Å². The van der Waals surface area contributed by atoms with Gasteiger partial charge < -0.3 is 35.6 Å². The third-order valence-electron chi connectivity index (χ3n) is 13.0. The highest BCUT2D eigenvalue weighted by molar-refractivity contribution is 7.15. The first-order chi connectivity index (χ1) is 33.4. The van der Waals surface area contributed by atoms with E-state index in [4.69, 9.17) is 21.3 Å². The Labute approximate surface area is 420 Å². The Kier molecular flexibility index (Phi) is 15.3. The summed E-state index contributed by atoms with van der Waals surface area (Å²) >= 11 is 9.46. The lowest BCUT2D eigenvalue weighted by Gasteiger charge is -2.35. The van der Waals surface area contributed by atoms with E-state index in [1.54, 1.807) is 53.9 Å². The molecule has 70 heavy (non-hydrogen) atoms. The number of aliphatic hydroxyl groups is 1. The highest BCUT2D eigenvalue weighted by atomic mass is 35.5. The maximum absolute atomic E-state index is 14.1. The Bertz CT molecular complexity index is 2800. The number of benzene rings is 2. The first-order valence-corrected chi connectivity index (χ1v) is 25.5. The van der Waals surface area contributed by atoms with Crippen LogP contribution in [0.15, 0.2) is 59.0 Å². The van der Waals surface area contributed by atoms with Crippen molar-refractivity contribution >= 4 is 69.5 Å². The largest absolute Gasteiger partial charge is 0.391 e. The number of aliphatic imine (C=N–C) groups is 1. The summed E-state index contributed by atoms with van der Waals surface area (Å²) in [6.07, 6.45) is -0.247. The third-order valence-corrected chi connectivity index (χ3v) is 15.5. The molecule has 2 fully saturated rings. The van der Waals surface area contributed by atoms with Crippen LogP contribution in [-0.4, -0.2) is 127 Å². The first kappa shape index (κ1) is 50.5. The Hall–Kier alpha value is -5.86. The molecule has 5 atom stereocenters. The minimum atomic E-state index is -1.03. The van der Waals surface area contributed by atoms with Crippen LogP contribution < -0.4 is 16.0 Å². The van der Waals surface area contributed by atoms with E-state index in [2.05, 4.69) is 45.0 Å². The molecule has 370 valence electrons. The minimum Gasteiger partial charge on any atom is -0.391 e. The van der Waals surface area contributed by atoms with E-state index in [0.29, 0.717) is 36.2 Å². The molecular formula is C50H59ClN10O7S2. The number of ether oxygens (including phenoxy) is 1. The van der Waals surface area contributed by atoms with Crippen LogP contribution in [0.5, 0.6) is 0 Å². The van der Waals surface area contributed by atoms with Crippen LogP contribution in [0.3, 0.4) is 0 Å². The van der Waals surface area contributed by atoms with Crippen LogP contribution in [0.4, 0.5) is 0 Å². The summed E-state index contributed by atoms with van der Waals surface area (Å²) in [6.45, 7) is 13.9. The van der Waals surface area contributed by atoms with Crippen molar-refractivity contribution in [2.45, 2.75) is 111 Å². The number of hydrogen-bond acceptors (Lipinski definition) is 13. The van der Waals surface area contributed by atoms with Gasteiger partial charge in [-0.1, -0.05) is 68.8 Å². The van der Waals surface area contributed by atoms with Gasteiger partial charge in [-0.15, -0.1) is 32.9 Å². The van der Waals surface area contributed by atoms with Gasteiger partial charge in [0.25, 0.3) is 0 Å². The van der Waals surface area contributed by atoms with E-state index >= 15 is 0 Å². The van der Waals surface area contributed by atoms with Crippen LogP contribution in [-0.2, 0) is 35.3 Å². The van der Waals surface area contributed by atoms with Crippen molar-refractivity contribution in [2.24, 2.45) is 10.4 Å². The van der Waals surface area contributed by atoms with Gasteiger partial charge in [-0.3, -0.25) is 33.5 Å². The van der Waals surface area contributed by atoms with Crippen LogP contribution in [0.1, 0.15) is 97.0 Å². The number of carbonyl (C=O) groups excluding carboxylic acids is 5. The Balaban J connectivity index is 0.804. The number of aliphatic hydroxyl groups excluding tert-OH is 1. The van der Waals surface area contributed by atoms with E-state index < -0.39 is 54.0 Å². The lowest BCUT2D eigenvalue weighted by atomic mass is 9.85. The number of carbonyl (C=O) groups is 5. The fourth-order valence-corrected chi connectivity index (χ4v) is 11.3. The predicted octanol–water partition coefficient (Wildman–Crippen LogP) is 5.55. The third kappa shape index (κ3) is 11.2. The summed E-state index contributed by atoms with van der Waals surface area (Å²) in [5.74, 6) is -0.580. The van der Waals surface area contributed by atoms with Crippen molar-refractivity contribution < 1.29 is 33.8 Å². The van der Waals surface area contributed by atoms with Gasteiger partial charge in [-0.05, 0) is 68.4 Å². The molecule has 3 aromatic heterocycles. The van der Waals surface area contributed by atoms with Crippen molar-refractivity contribution in [2.75, 3.05) is 32.8 Å². The number of fused-ring (bicyclic) bond motifs is 3. The number of aromatic nitrogens is 4. The number of aryl methyl sites for hydroxylation is 3. The first-order valence-electron chi connectivity index (χ1n) is 23.4. The summed E-state index contributed by atoms with van der Waals surface area (Å²) in [5.41, 5.74) is 7.61. The number of β-amino-alcohol motifs (C(OH)–C–C–N with tert-alkyl or cyclic N) is 1. The SMILES string of the molecule is Cc1ncsc1-c1ccc(CNC(=O)[C@@H]2C[C@@H](O)CN2C(=O)C(NC(=O)COCCC(=O)N2CC[C@H](NC(=O)C[C@@H]3N=C(c4ccc(Cl)cc4)c4c(sc(C)c4C)-n4c(C)nnc43)C2)C(C)(C)C)cc1. The van der Waals surface area contributed by atoms with Crippen LogP contribution >= 0.6 is 34.3 Å². The van der Waals surface area contributed by atoms with Gasteiger partial charge in [0.1, 0.15) is 35.6 Å². The van der Waals surface area contributed by atoms with Gasteiger partial charge in [0.05, 0.1) is 47.3 Å². The molecule has 17 nitrogen and oxygen atoms in total. The Morgan fingerprint density at radius 1 is 0.957 bits per heavy atom. The van der Waals surface area contributed by atoms with Gasteiger partial charge in [0.15, 0.2) is 5.82 Å². The summed E-state index contributed by atoms with van der Waals surface area (Å²) in [4.78, 5) is 82.6.